The van der Waals surface area contributed by atoms with Crippen LogP contribution in [0.4, 0.5) is 0 Å². The number of carbonyl (C=O) groups is 4. The standard InChI is InChI=1S/C20H10Cl2N2O4/c21-13-15(19(27)11-7-3-1-5-9(11)17(13)25)24(23)16-14(22)18(26)10-6-2-4-8-12(10)20(16)28/h1-8H,23H2. The molecule has 0 saturated heterocycles. The minimum atomic E-state index is -0.654. The summed E-state index contributed by atoms with van der Waals surface area (Å²) in [4.78, 5) is 51.0. The quantitative estimate of drug-likeness (QED) is 0.600. The van der Waals surface area contributed by atoms with Crippen molar-refractivity contribution in [3.05, 3.63) is 92.2 Å². The number of fused-ring (bicyclic) bond motifs is 2. The highest BCUT2D eigenvalue weighted by atomic mass is 35.5. The third-order valence-electron chi connectivity index (χ3n) is 4.56. The molecule has 2 aromatic carbocycles. The van der Waals surface area contributed by atoms with E-state index in [1.807, 2.05) is 0 Å². The lowest BCUT2D eigenvalue weighted by Crippen LogP contribution is -2.42. The highest BCUT2D eigenvalue weighted by Crippen LogP contribution is 2.35. The van der Waals surface area contributed by atoms with Gasteiger partial charge >= 0.3 is 0 Å². The fourth-order valence-corrected chi connectivity index (χ4v) is 3.76. The zero-order valence-corrected chi connectivity index (χ0v) is 15.5. The van der Waals surface area contributed by atoms with Crippen LogP contribution in [-0.2, 0) is 0 Å². The van der Waals surface area contributed by atoms with Gasteiger partial charge in [-0.15, -0.1) is 0 Å². The van der Waals surface area contributed by atoms with Crippen molar-refractivity contribution in [2.24, 2.45) is 5.84 Å². The van der Waals surface area contributed by atoms with Crippen LogP contribution in [0.1, 0.15) is 41.4 Å². The molecule has 0 saturated carbocycles. The highest BCUT2D eigenvalue weighted by molar-refractivity contribution is 6.51. The molecule has 6 nitrogen and oxygen atoms in total. The van der Waals surface area contributed by atoms with Crippen LogP contribution in [0.2, 0.25) is 0 Å². The predicted molar refractivity (Wildman–Crippen MR) is 102 cm³/mol. The van der Waals surface area contributed by atoms with Crippen LogP contribution in [0.25, 0.3) is 0 Å². The SMILES string of the molecule is NN(C1=C(Cl)C(=O)c2ccccc2C1=O)C1=C(Cl)C(=O)c2ccccc2C1=O. The summed E-state index contributed by atoms with van der Waals surface area (Å²) in [5.74, 6) is 3.49. The molecular formula is C20H10Cl2N2O4. The number of hydrogen-bond donors (Lipinski definition) is 1. The van der Waals surface area contributed by atoms with Crippen LogP contribution in [0.15, 0.2) is 70.0 Å². The van der Waals surface area contributed by atoms with Gasteiger partial charge in [-0.25, -0.2) is 5.84 Å². The number of hydrogen-bond acceptors (Lipinski definition) is 6. The molecule has 0 fully saturated rings. The molecule has 0 bridgehead atoms. The van der Waals surface area contributed by atoms with E-state index in [1.54, 1.807) is 24.3 Å². The maximum absolute atomic E-state index is 12.9. The minimum absolute atomic E-state index is 0.0917. The van der Waals surface area contributed by atoms with Crippen molar-refractivity contribution >= 4 is 46.3 Å². The molecule has 2 aromatic rings. The molecule has 0 heterocycles. The third-order valence-corrected chi connectivity index (χ3v) is 5.26. The molecular weight excluding hydrogens is 403 g/mol. The Morgan fingerprint density at radius 1 is 0.571 bits per heavy atom. The summed E-state index contributed by atoms with van der Waals surface area (Å²) >= 11 is 12.3. The number of Topliss-reactive ketones (excluding diaryl/α,β-unsaturated/α-hetero) is 4. The van der Waals surface area contributed by atoms with Crippen LogP contribution in [0.3, 0.4) is 0 Å². The fourth-order valence-electron chi connectivity index (χ4n) is 3.21. The van der Waals surface area contributed by atoms with E-state index in [0.29, 0.717) is 5.01 Å². The molecule has 2 N–H and O–H groups in total. The van der Waals surface area contributed by atoms with Crippen molar-refractivity contribution in [2.75, 3.05) is 0 Å². The Morgan fingerprint density at radius 3 is 1.18 bits per heavy atom. The topological polar surface area (TPSA) is 97.5 Å². The summed E-state index contributed by atoms with van der Waals surface area (Å²) in [6, 6.07) is 12.2. The molecule has 4 rings (SSSR count). The van der Waals surface area contributed by atoms with E-state index in [2.05, 4.69) is 0 Å². The largest absolute Gasteiger partial charge is 0.287 e. The van der Waals surface area contributed by atoms with Gasteiger partial charge in [-0.3, -0.25) is 24.2 Å². The molecule has 8 heteroatoms. The Bertz CT molecular complexity index is 1090. The van der Waals surface area contributed by atoms with Gasteiger partial charge in [0, 0.05) is 22.3 Å². The first-order chi connectivity index (χ1) is 13.3. The summed E-state index contributed by atoms with van der Waals surface area (Å²) in [5, 5.41) is -0.277. The summed E-state index contributed by atoms with van der Waals surface area (Å²) in [6.45, 7) is 0. The van der Waals surface area contributed by atoms with Crippen molar-refractivity contribution in [3.63, 3.8) is 0 Å². The van der Waals surface area contributed by atoms with Crippen molar-refractivity contribution in [1.29, 1.82) is 0 Å². The number of halogens is 2. The Hall–Kier alpha value is -3.06. The lowest BCUT2D eigenvalue weighted by atomic mass is 9.89. The normalized spacial score (nSPS) is 16.4. The van der Waals surface area contributed by atoms with Crippen molar-refractivity contribution in [1.82, 2.24) is 5.01 Å². The molecule has 138 valence electrons. The van der Waals surface area contributed by atoms with E-state index in [9.17, 15) is 19.2 Å². The summed E-state index contributed by atoms with van der Waals surface area (Å²) in [6.07, 6.45) is 0. The number of benzene rings is 2. The number of rotatable bonds is 2. The highest BCUT2D eigenvalue weighted by Gasteiger charge is 2.40. The molecule has 2 aliphatic rings. The van der Waals surface area contributed by atoms with E-state index in [-0.39, 0.29) is 22.3 Å². The second-order valence-electron chi connectivity index (χ2n) is 6.10. The molecule has 28 heavy (non-hydrogen) atoms. The van der Waals surface area contributed by atoms with Crippen LogP contribution in [0, 0.1) is 0 Å². The van der Waals surface area contributed by atoms with Gasteiger partial charge in [0.25, 0.3) is 0 Å². The van der Waals surface area contributed by atoms with Crippen molar-refractivity contribution in [3.8, 4) is 0 Å². The fraction of sp³-hybridized carbons (Fsp3) is 0. The van der Waals surface area contributed by atoms with E-state index in [0.717, 1.165) is 0 Å². The average molecular weight is 413 g/mol. The number of carbonyl (C=O) groups excluding carboxylic acids is 4. The van der Waals surface area contributed by atoms with Gasteiger partial charge in [0.2, 0.25) is 23.1 Å². The first kappa shape index (κ1) is 18.3. The molecule has 0 aliphatic heterocycles. The predicted octanol–water partition coefficient (Wildman–Crippen LogP) is 3.22. The average Bonchev–Trinajstić information content (AvgIpc) is 2.71. The van der Waals surface area contributed by atoms with Gasteiger partial charge in [-0.1, -0.05) is 71.7 Å². The number of allylic oxidation sites excluding steroid dienone is 4. The van der Waals surface area contributed by atoms with E-state index in [4.69, 9.17) is 29.0 Å². The Kier molecular flexibility index (Phi) is 4.27. The maximum atomic E-state index is 12.9. The molecule has 0 atom stereocenters. The van der Waals surface area contributed by atoms with Gasteiger partial charge in [0.05, 0.1) is 0 Å². The minimum Gasteiger partial charge on any atom is -0.287 e. The van der Waals surface area contributed by atoms with E-state index >= 15 is 0 Å². The first-order valence-electron chi connectivity index (χ1n) is 8.05. The number of hydrazine groups is 1. The molecule has 0 aromatic heterocycles. The van der Waals surface area contributed by atoms with Gasteiger partial charge in [-0.05, 0) is 0 Å². The third kappa shape index (κ3) is 2.46. The maximum Gasteiger partial charge on any atom is 0.213 e. The van der Waals surface area contributed by atoms with Gasteiger partial charge in [-0.2, -0.15) is 0 Å². The van der Waals surface area contributed by atoms with E-state index < -0.39 is 44.6 Å². The summed E-state index contributed by atoms with van der Waals surface area (Å²) < 4.78 is 0. The molecule has 0 unspecified atom stereocenters. The monoisotopic (exact) mass is 412 g/mol. The first-order valence-corrected chi connectivity index (χ1v) is 8.81. The van der Waals surface area contributed by atoms with E-state index in [1.165, 1.54) is 24.3 Å². The van der Waals surface area contributed by atoms with Gasteiger partial charge in [0.15, 0.2) is 0 Å². The van der Waals surface area contributed by atoms with Crippen LogP contribution < -0.4 is 5.84 Å². The lowest BCUT2D eigenvalue weighted by Gasteiger charge is -2.29. The summed E-state index contributed by atoms with van der Waals surface area (Å²) in [5.41, 5.74) is -0.390. The van der Waals surface area contributed by atoms with Gasteiger partial charge < -0.3 is 0 Å². The number of ketones is 4. The van der Waals surface area contributed by atoms with Crippen LogP contribution in [0.5, 0.6) is 0 Å². The Labute approximate surface area is 168 Å². The molecule has 2 aliphatic carbocycles. The smallest absolute Gasteiger partial charge is 0.213 e. The lowest BCUT2D eigenvalue weighted by molar-refractivity contribution is 0.0920. The number of nitrogens with two attached hydrogens (primary N) is 1. The van der Waals surface area contributed by atoms with Crippen LogP contribution >= 0.6 is 23.2 Å². The zero-order chi connectivity index (χ0) is 20.2. The molecule has 0 amide bonds. The zero-order valence-electron chi connectivity index (χ0n) is 14.0. The summed E-state index contributed by atoms with van der Waals surface area (Å²) in [7, 11) is 0. The van der Waals surface area contributed by atoms with Gasteiger partial charge in [0.1, 0.15) is 21.5 Å². The van der Waals surface area contributed by atoms with Crippen molar-refractivity contribution in [2.45, 2.75) is 0 Å². The Morgan fingerprint density at radius 2 is 0.857 bits per heavy atom. The second kappa shape index (κ2) is 6.53. The second-order valence-corrected chi connectivity index (χ2v) is 6.86. The molecule has 0 spiro atoms. The molecule has 0 radical (unpaired) electrons. The van der Waals surface area contributed by atoms with Crippen LogP contribution in [-0.4, -0.2) is 28.1 Å². The Balaban J connectivity index is 1.87. The van der Waals surface area contributed by atoms with Crippen molar-refractivity contribution < 1.29 is 19.2 Å². The number of nitrogens with zero attached hydrogens (tertiary/aromatic N) is 1.